The van der Waals surface area contributed by atoms with Crippen molar-refractivity contribution >= 4 is 23.2 Å². The number of nitrogens with one attached hydrogen (secondary N) is 1. The summed E-state index contributed by atoms with van der Waals surface area (Å²) in [5.41, 5.74) is 3.16. The van der Waals surface area contributed by atoms with E-state index >= 15 is 0 Å². The quantitative estimate of drug-likeness (QED) is 0.615. The normalized spacial score (nSPS) is 10.5. The lowest BCUT2D eigenvalue weighted by molar-refractivity contribution is -0.124. The van der Waals surface area contributed by atoms with Gasteiger partial charge in [-0.15, -0.1) is 11.3 Å². The summed E-state index contributed by atoms with van der Waals surface area (Å²) in [5.74, 6) is -1.37. The first-order valence-electron chi connectivity index (χ1n) is 8.73. The molecule has 0 atom stereocenters. The van der Waals surface area contributed by atoms with Gasteiger partial charge in [0.15, 0.2) is 12.3 Å². The number of esters is 1. The van der Waals surface area contributed by atoms with Crippen LogP contribution >= 0.6 is 11.3 Å². The van der Waals surface area contributed by atoms with E-state index < -0.39 is 5.97 Å². The summed E-state index contributed by atoms with van der Waals surface area (Å²) in [6, 6.07) is 13.8. The van der Waals surface area contributed by atoms with E-state index in [9.17, 15) is 14.0 Å². The number of aryl methyl sites for hydroxylation is 1. The van der Waals surface area contributed by atoms with Crippen LogP contribution in [0.15, 0.2) is 53.9 Å². The van der Waals surface area contributed by atoms with Crippen molar-refractivity contribution in [1.29, 1.82) is 0 Å². The van der Waals surface area contributed by atoms with Gasteiger partial charge in [-0.25, -0.2) is 14.2 Å². The van der Waals surface area contributed by atoms with Gasteiger partial charge < -0.3 is 10.1 Å². The average molecular weight is 398 g/mol. The van der Waals surface area contributed by atoms with E-state index in [1.807, 2.05) is 31.2 Å². The Labute approximate surface area is 166 Å². The van der Waals surface area contributed by atoms with Crippen molar-refractivity contribution in [2.24, 2.45) is 0 Å². The van der Waals surface area contributed by atoms with Crippen LogP contribution in [0.3, 0.4) is 0 Å². The molecule has 0 saturated carbocycles. The molecule has 0 radical (unpaired) electrons. The van der Waals surface area contributed by atoms with E-state index in [4.69, 9.17) is 4.74 Å². The number of aromatic nitrogens is 1. The molecule has 3 rings (SSSR count). The van der Waals surface area contributed by atoms with Crippen molar-refractivity contribution in [1.82, 2.24) is 10.3 Å². The van der Waals surface area contributed by atoms with Crippen LogP contribution in [0.2, 0.25) is 0 Å². The molecule has 7 heteroatoms. The molecule has 1 heterocycles. The molecule has 0 fully saturated rings. The summed E-state index contributed by atoms with van der Waals surface area (Å²) in [6.07, 6.45) is 0.708. The number of hydrogen-bond acceptors (Lipinski definition) is 5. The van der Waals surface area contributed by atoms with Crippen LogP contribution in [0, 0.1) is 12.7 Å². The number of ether oxygens (including phenoxy) is 1. The largest absolute Gasteiger partial charge is 0.451 e. The van der Waals surface area contributed by atoms with Gasteiger partial charge >= 0.3 is 5.97 Å². The molecule has 0 aliphatic carbocycles. The lowest BCUT2D eigenvalue weighted by Crippen LogP contribution is -2.30. The van der Waals surface area contributed by atoms with Crippen LogP contribution in [0.25, 0.3) is 10.6 Å². The van der Waals surface area contributed by atoms with Gasteiger partial charge in [-0.3, -0.25) is 4.79 Å². The molecular formula is C21H19FN2O3S. The van der Waals surface area contributed by atoms with Gasteiger partial charge in [-0.2, -0.15) is 0 Å². The Morgan fingerprint density at radius 1 is 1.14 bits per heavy atom. The lowest BCUT2D eigenvalue weighted by Gasteiger charge is -2.07. The van der Waals surface area contributed by atoms with Crippen LogP contribution in [0.5, 0.6) is 0 Å². The second-order valence-electron chi connectivity index (χ2n) is 6.15. The second kappa shape index (κ2) is 9.23. The van der Waals surface area contributed by atoms with Crippen LogP contribution in [-0.2, 0) is 16.0 Å². The maximum atomic E-state index is 13.0. The fourth-order valence-electron chi connectivity index (χ4n) is 2.58. The number of carbonyl (C=O) groups is 2. The molecule has 0 unspecified atom stereocenters. The fraction of sp³-hybridized carbons (Fsp3) is 0.190. The van der Waals surface area contributed by atoms with Crippen molar-refractivity contribution in [2.45, 2.75) is 13.3 Å². The molecule has 0 saturated heterocycles. The van der Waals surface area contributed by atoms with Gasteiger partial charge in [-0.1, -0.05) is 24.3 Å². The average Bonchev–Trinajstić information content (AvgIpc) is 3.18. The first kappa shape index (κ1) is 19.7. The van der Waals surface area contributed by atoms with E-state index in [1.54, 1.807) is 17.5 Å². The fourth-order valence-corrected chi connectivity index (χ4v) is 3.37. The zero-order valence-electron chi connectivity index (χ0n) is 15.3. The molecule has 0 spiro atoms. The third-order valence-electron chi connectivity index (χ3n) is 4.12. The molecule has 144 valence electrons. The maximum Gasteiger partial charge on any atom is 0.358 e. The van der Waals surface area contributed by atoms with E-state index in [1.165, 1.54) is 29.0 Å². The van der Waals surface area contributed by atoms with Crippen molar-refractivity contribution in [3.8, 4) is 10.6 Å². The highest BCUT2D eigenvalue weighted by Crippen LogP contribution is 2.24. The summed E-state index contributed by atoms with van der Waals surface area (Å²) in [6.45, 7) is 2.12. The van der Waals surface area contributed by atoms with Crippen molar-refractivity contribution in [2.75, 3.05) is 13.2 Å². The van der Waals surface area contributed by atoms with E-state index in [0.717, 1.165) is 5.56 Å². The third-order valence-corrected chi connectivity index (χ3v) is 5.01. The van der Waals surface area contributed by atoms with Gasteiger partial charge in [0.05, 0.1) is 0 Å². The topological polar surface area (TPSA) is 68.3 Å². The van der Waals surface area contributed by atoms with Gasteiger partial charge in [0, 0.05) is 17.5 Å². The van der Waals surface area contributed by atoms with Crippen LogP contribution in [0.4, 0.5) is 4.39 Å². The van der Waals surface area contributed by atoms with Crippen LogP contribution < -0.4 is 5.32 Å². The maximum absolute atomic E-state index is 13.0. The van der Waals surface area contributed by atoms with E-state index in [-0.39, 0.29) is 24.0 Å². The van der Waals surface area contributed by atoms with E-state index in [2.05, 4.69) is 10.3 Å². The Kier molecular flexibility index (Phi) is 6.49. The number of hydrogen-bond donors (Lipinski definition) is 1. The number of benzene rings is 2. The summed E-state index contributed by atoms with van der Waals surface area (Å²) in [4.78, 5) is 28.1. The molecule has 1 amide bonds. The summed E-state index contributed by atoms with van der Waals surface area (Å²) in [5, 5.41) is 4.86. The second-order valence-corrected chi connectivity index (χ2v) is 7.01. The highest BCUT2D eigenvalue weighted by atomic mass is 32.1. The van der Waals surface area contributed by atoms with E-state index in [0.29, 0.717) is 23.5 Å². The Hall–Kier alpha value is -3.06. The van der Waals surface area contributed by atoms with Crippen LogP contribution in [-0.4, -0.2) is 30.0 Å². The Morgan fingerprint density at radius 3 is 2.64 bits per heavy atom. The zero-order valence-corrected chi connectivity index (χ0v) is 16.1. The Morgan fingerprint density at radius 2 is 1.89 bits per heavy atom. The molecule has 1 N–H and O–H groups in total. The first-order valence-corrected chi connectivity index (χ1v) is 9.60. The van der Waals surface area contributed by atoms with Crippen molar-refractivity contribution in [3.63, 3.8) is 0 Å². The summed E-state index contributed by atoms with van der Waals surface area (Å²) >= 11 is 1.25. The predicted octanol–water partition coefficient (Wildman–Crippen LogP) is 3.77. The third kappa shape index (κ3) is 5.23. The molecule has 0 bridgehead atoms. The molecular weight excluding hydrogens is 379 g/mol. The van der Waals surface area contributed by atoms with Gasteiger partial charge in [0.25, 0.3) is 5.91 Å². The van der Waals surface area contributed by atoms with Gasteiger partial charge in [0.1, 0.15) is 10.8 Å². The minimum absolute atomic E-state index is 0.122. The smallest absolute Gasteiger partial charge is 0.358 e. The standard InChI is InChI=1S/C21H19FN2O3S/c1-14-4-2-3-5-15(14)10-11-23-19(25)12-27-21(26)18-13-28-20(24-18)16-6-8-17(22)9-7-16/h2-9,13H,10-12H2,1H3,(H,23,25). The van der Waals surface area contributed by atoms with Gasteiger partial charge in [-0.05, 0) is 48.7 Å². The first-order chi connectivity index (χ1) is 13.5. The Balaban J connectivity index is 1.45. The number of amides is 1. The highest BCUT2D eigenvalue weighted by molar-refractivity contribution is 7.13. The number of thiazole rings is 1. The Bertz CT molecular complexity index is 970. The minimum atomic E-state index is -0.668. The summed E-state index contributed by atoms with van der Waals surface area (Å²) < 4.78 is 18.0. The monoisotopic (exact) mass is 398 g/mol. The predicted molar refractivity (Wildman–Crippen MR) is 106 cm³/mol. The molecule has 3 aromatic rings. The molecule has 0 aliphatic rings. The molecule has 28 heavy (non-hydrogen) atoms. The highest BCUT2D eigenvalue weighted by Gasteiger charge is 2.15. The van der Waals surface area contributed by atoms with Crippen molar-refractivity contribution < 1.29 is 18.7 Å². The zero-order chi connectivity index (χ0) is 19.9. The number of nitrogens with zero attached hydrogens (tertiary/aromatic N) is 1. The summed E-state index contributed by atoms with van der Waals surface area (Å²) in [7, 11) is 0. The molecule has 2 aromatic carbocycles. The molecule has 5 nitrogen and oxygen atoms in total. The van der Waals surface area contributed by atoms with Crippen LogP contribution in [0.1, 0.15) is 21.6 Å². The number of carbonyl (C=O) groups excluding carboxylic acids is 2. The van der Waals surface area contributed by atoms with Gasteiger partial charge in [0.2, 0.25) is 0 Å². The van der Waals surface area contributed by atoms with Crippen molar-refractivity contribution in [3.05, 3.63) is 76.5 Å². The SMILES string of the molecule is Cc1ccccc1CCNC(=O)COC(=O)c1csc(-c2ccc(F)cc2)n1. The lowest BCUT2D eigenvalue weighted by atomic mass is 10.1. The molecule has 0 aliphatic heterocycles. The number of rotatable bonds is 7. The molecule has 1 aromatic heterocycles. The minimum Gasteiger partial charge on any atom is -0.451 e. The number of halogens is 1.